The van der Waals surface area contributed by atoms with Gasteiger partial charge in [0.1, 0.15) is 0 Å². The lowest BCUT2D eigenvalue weighted by molar-refractivity contribution is -0.141. The third kappa shape index (κ3) is 11.4. The van der Waals surface area contributed by atoms with Gasteiger partial charge in [-0.15, -0.1) is 0 Å². The molecule has 0 aromatic carbocycles. The third-order valence-electron chi connectivity index (χ3n) is 2.62. The number of ether oxygens (including phenoxy) is 1. The molecule has 0 aromatic rings. The van der Waals surface area contributed by atoms with E-state index >= 15 is 0 Å². The Bertz CT molecular complexity index is 164. The number of hydrogen-bond acceptors (Lipinski definition) is 2. The maximum Gasteiger partial charge on any atom is 0.302 e. The van der Waals surface area contributed by atoms with E-state index in [2.05, 4.69) is 20.8 Å². The average molecular weight is 214 g/mol. The molecule has 0 rings (SSSR count). The smallest absolute Gasteiger partial charge is 0.302 e. The van der Waals surface area contributed by atoms with Crippen LogP contribution < -0.4 is 0 Å². The summed E-state index contributed by atoms with van der Waals surface area (Å²) in [7, 11) is 0. The lowest BCUT2D eigenvalue weighted by atomic mass is 9.96. The molecule has 0 N–H and O–H groups in total. The highest BCUT2D eigenvalue weighted by Crippen LogP contribution is 2.16. The number of esters is 1. The minimum atomic E-state index is -0.164. The Balaban J connectivity index is 3.25. The van der Waals surface area contributed by atoms with Crippen LogP contribution in [0.5, 0.6) is 0 Å². The van der Waals surface area contributed by atoms with Crippen LogP contribution in [0.1, 0.15) is 59.8 Å². The van der Waals surface area contributed by atoms with Gasteiger partial charge >= 0.3 is 5.97 Å². The summed E-state index contributed by atoms with van der Waals surface area (Å²) in [4.78, 5) is 10.5. The van der Waals surface area contributed by atoms with Gasteiger partial charge in [-0.05, 0) is 24.7 Å². The fourth-order valence-electron chi connectivity index (χ4n) is 1.67. The van der Waals surface area contributed by atoms with Crippen molar-refractivity contribution >= 4 is 5.97 Å². The summed E-state index contributed by atoms with van der Waals surface area (Å²) >= 11 is 0. The molecule has 0 bridgehead atoms. The van der Waals surface area contributed by atoms with Crippen molar-refractivity contribution in [2.24, 2.45) is 11.8 Å². The highest BCUT2D eigenvalue weighted by atomic mass is 16.5. The van der Waals surface area contributed by atoms with Gasteiger partial charge in [-0.3, -0.25) is 4.79 Å². The zero-order chi connectivity index (χ0) is 11.7. The van der Waals surface area contributed by atoms with Gasteiger partial charge in [0.15, 0.2) is 0 Å². The van der Waals surface area contributed by atoms with Crippen molar-refractivity contribution < 1.29 is 9.53 Å². The van der Waals surface area contributed by atoms with Crippen molar-refractivity contribution in [3.05, 3.63) is 0 Å². The largest absolute Gasteiger partial charge is 0.466 e. The van der Waals surface area contributed by atoms with E-state index in [-0.39, 0.29) is 5.97 Å². The molecule has 0 saturated heterocycles. The van der Waals surface area contributed by atoms with Crippen molar-refractivity contribution in [1.29, 1.82) is 0 Å². The van der Waals surface area contributed by atoms with Crippen LogP contribution in [0.3, 0.4) is 0 Å². The van der Waals surface area contributed by atoms with Gasteiger partial charge in [-0.25, -0.2) is 0 Å². The first kappa shape index (κ1) is 14.5. The molecule has 15 heavy (non-hydrogen) atoms. The Hall–Kier alpha value is -0.530. The molecule has 2 nitrogen and oxygen atoms in total. The van der Waals surface area contributed by atoms with E-state index in [1.165, 1.54) is 32.6 Å². The first-order valence-corrected chi connectivity index (χ1v) is 6.15. The fraction of sp³-hybridized carbons (Fsp3) is 0.923. The summed E-state index contributed by atoms with van der Waals surface area (Å²) in [5, 5.41) is 0. The molecule has 0 aromatic heterocycles. The Morgan fingerprint density at radius 1 is 1.07 bits per heavy atom. The highest BCUT2D eigenvalue weighted by molar-refractivity contribution is 5.65. The van der Waals surface area contributed by atoms with Gasteiger partial charge in [0, 0.05) is 6.92 Å². The van der Waals surface area contributed by atoms with Crippen molar-refractivity contribution in [3.63, 3.8) is 0 Å². The van der Waals surface area contributed by atoms with Crippen molar-refractivity contribution in [2.45, 2.75) is 59.8 Å². The van der Waals surface area contributed by atoms with Crippen molar-refractivity contribution in [2.75, 3.05) is 6.61 Å². The molecule has 0 radical (unpaired) electrons. The van der Waals surface area contributed by atoms with Crippen LogP contribution in [-0.2, 0) is 9.53 Å². The molecule has 0 amide bonds. The monoisotopic (exact) mass is 214 g/mol. The SMILES string of the molecule is CC(=O)OCCC[C@@H](C)CCCC(C)C. The molecule has 2 heteroatoms. The summed E-state index contributed by atoms with van der Waals surface area (Å²) < 4.78 is 4.90. The van der Waals surface area contributed by atoms with Crippen LogP contribution in [0, 0.1) is 11.8 Å². The van der Waals surface area contributed by atoms with E-state index in [4.69, 9.17) is 4.74 Å². The molecule has 0 unspecified atom stereocenters. The lowest BCUT2D eigenvalue weighted by Gasteiger charge is -2.11. The molecular weight excluding hydrogens is 188 g/mol. The van der Waals surface area contributed by atoms with Gasteiger partial charge in [0.25, 0.3) is 0 Å². The summed E-state index contributed by atoms with van der Waals surface area (Å²) in [6.07, 6.45) is 6.13. The van der Waals surface area contributed by atoms with Crippen LogP contribution in [0.4, 0.5) is 0 Å². The number of carbonyl (C=O) groups excluding carboxylic acids is 1. The molecule has 0 aliphatic rings. The lowest BCUT2D eigenvalue weighted by Crippen LogP contribution is -2.03. The molecule has 0 aliphatic carbocycles. The predicted molar refractivity (Wildman–Crippen MR) is 63.7 cm³/mol. The molecule has 0 fully saturated rings. The van der Waals surface area contributed by atoms with E-state index < -0.39 is 0 Å². The molecule has 0 aliphatic heterocycles. The van der Waals surface area contributed by atoms with Crippen LogP contribution in [0.25, 0.3) is 0 Å². The van der Waals surface area contributed by atoms with Gasteiger partial charge < -0.3 is 4.74 Å². The minimum Gasteiger partial charge on any atom is -0.466 e. The average Bonchev–Trinajstić information content (AvgIpc) is 2.11. The van der Waals surface area contributed by atoms with Gasteiger partial charge in [0.2, 0.25) is 0 Å². The van der Waals surface area contributed by atoms with E-state index in [0.29, 0.717) is 6.61 Å². The number of rotatable bonds is 8. The molecule has 0 heterocycles. The second-order valence-corrected chi connectivity index (χ2v) is 4.91. The Morgan fingerprint density at radius 3 is 2.20 bits per heavy atom. The molecule has 0 saturated carbocycles. The molecule has 0 spiro atoms. The van der Waals surface area contributed by atoms with E-state index in [0.717, 1.165) is 18.3 Å². The standard InChI is InChI=1S/C13H26O2/c1-11(2)7-5-8-12(3)9-6-10-15-13(4)14/h11-12H,5-10H2,1-4H3/t12-/m0/s1. The minimum absolute atomic E-state index is 0.164. The normalized spacial score (nSPS) is 12.9. The topological polar surface area (TPSA) is 26.3 Å². The van der Waals surface area contributed by atoms with E-state index in [9.17, 15) is 4.79 Å². The van der Waals surface area contributed by atoms with Gasteiger partial charge in [-0.2, -0.15) is 0 Å². The zero-order valence-corrected chi connectivity index (χ0v) is 10.7. The van der Waals surface area contributed by atoms with Crippen LogP contribution in [0.15, 0.2) is 0 Å². The van der Waals surface area contributed by atoms with Crippen LogP contribution in [0.2, 0.25) is 0 Å². The van der Waals surface area contributed by atoms with Gasteiger partial charge in [0.05, 0.1) is 6.61 Å². The first-order valence-electron chi connectivity index (χ1n) is 6.15. The third-order valence-corrected chi connectivity index (χ3v) is 2.62. The summed E-state index contributed by atoms with van der Waals surface area (Å²) in [6, 6.07) is 0. The van der Waals surface area contributed by atoms with Gasteiger partial charge in [-0.1, -0.05) is 40.0 Å². The van der Waals surface area contributed by atoms with Crippen LogP contribution >= 0.6 is 0 Å². The Labute approximate surface area is 94.4 Å². The van der Waals surface area contributed by atoms with Crippen molar-refractivity contribution in [3.8, 4) is 0 Å². The number of hydrogen-bond donors (Lipinski definition) is 0. The number of carbonyl (C=O) groups is 1. The second-order valence-electron chi connectivity index (χ2n) is 4.91. The summed E-state index contributed by atoms with van der Waals surface area (Å²) in [6.45, 7) is 8.88. The fourth-order valence-corrected chi connectivity index (χ4v) is 1.67. The maximum absolute atomic E-state index is 10.5. The molecule has 90 valence electrons. The molecule has 1 atom stereocenters. The quantitative estimate of drug-likeness (QED) is 0.454. The predicted octanol–water partition coefficient (Wildman–Crippen LogP) is 3.79. The van der Waals surface area contributed by atoms with E-state index in [1.807, 2.05) is 0 Å². The highest BCUT2D eigenvalue weighted by Gasteiger charge is 2.03. The van der Waals surface area contributed by atoms with E-state index in [1.54, 1.807) is 0 Å². The zero-order valence-electron chi connectivity index (χ0n) is 10.7. The Morgan fingerprint density at radius 2 is 1.67 bits per heavy atom. The van der Waals surface area contributed by atoms with Crippen LogP contribution in [-0.4, -0.2) is 12.6 Å². The first-order chi connectivity index (χ1) is 7.02. The summed E-state index contributed by atoms with van der Waals surface area (Å²) in [5.74, 6) is 1.42. The molecular formula is C13H26O2. The second kappa shape index (κ2) is 8.75. The summed E-state index contributed by atoms with van der Waals surface area (Å²) in [5.41, 5.74) is 0. The maximum atomic E-state index is 10.5. The van der Waals surface area contributed by atoms with Crippen molar-refractivity contribution in [1.82, 2.24) is 0 Å². The Kier molecular flexibility index (Phi) is 8.44.